The van der Waals surface area contributed by atoms with Crippen LogP contribution in [0.25, 0.3) is 0 Å². The number of hydrogen-bond acceptors (Lipinski definition) is 3. The Morgan fingerprint density at radius 3 is 2.92 bits per heavy atom. The monoisotopic (exact) mass is 291 g/mol. The molecule has 1 fully saturated rings. The molecule has 0 atom stereocenters. The Labute approximate surface area is 90.6 Å². The number of halogens is 1. The van der Waals surface area contributed by atoms with E-state index >= 15 is 0 Å². The van der Waals surface area contributed by atoms with Gasteiger partial charge in [0.05, 0.1) is 13.2 Å². The summed E-state index contributed by atoms with van der Waals surface area (Å²) in [5, 5.41) is 0. The lowest BCUT2D eigenvalue weighted by molar-refractivity contribution is 0.280. The van der Waals surface area contributed by atoms with Gasteiger partial charge in [0.15, 0.2) is 11.5 Å². The zero-order chi connectivity index (χ0) is 9.26. The minimum absolute atomic E-state index is 0.395. The van der Waals surface area contributed by atoms with E-state index in [2.05, 4.69) is 27.6 Å². The molecule has 0 unspecified atom stereocenters. The van der Waals surface area contributed by atoms with Gasteiger partial charge >= 0.3 is 0 Å². The van der Waals surface area contributed by atoms with Gasteiger partial charge in [-0.2, -0.15) is 0 Å². The van der Waals surface area contributed by atoms with Gasteiger partial charge in [-0.25, -0.2) is 4.98 Å². The van der Waals surface area contributed by atoms with Gasteiger partial charge in [-0.05, 0) is 35.4 Å². The second-order valence-electron chi connectivity index (χ2n) is 2.95. The highest BCUT2D eigenvalue weighted by Crippen LogP contribution is 2.35. The van der Waals surface area contributed by atoms with Crippen LogP contribution in [0.3, 0.4) is 0 Å². The highest BCUT2D eigenvalue weighted by molar-refractivity contribution is 14.1. The van der Waals surface area contributed by atoms with Crippen LogP contribution in [-0.4, -0.2) is 18.2 Å². The zero-order valence-corrected chi connectivity index (χ0v) is 9.45. The number of hydrogen-bond donors (Lipinski definition) is 0. The molecule has 0 N–H and O–H groups in total. The molecule has 0 spiro atoms. The van der Waals surface area contributed by atoms with E-state index in [9.17, 15) is 0 Å². The van der Waals surface area contributed by atoms with E-state index in [4.69, 9.17) is 9.47 Å². The third kappa shape index (κ3) is 2.04. The Bertz CT molecular complexity index is 312. The predicted octanol–water partition coefficient (Wildman–Crippen LogP) is 2.24. The van der Waals surface area contributed by atoms with Crippen LogP contribution in [0.15, 0.2) is 12.3 Å². The van der Waals surface area contributed by atoms with Crippen molar-refractivity contribution in [1.29, 1.82) is 0 Å². The average Bonchev–Trinajstić information content (AvgIpc) is 2.89. The molecule has 13 heavy (non-hydrogen) atoms. The molecule has 0 aliphatic heterocycles. The van der Waals surface area contributed by atoms with Crippen molar-refractivity contribution in [2.75, 3.05) is 7.11 Å². The van der Waals surface area contributed by atoms with Gasteiger partial charge in [0.2, 0.25) is 0 Å². The summed E-state index contributed by atoms with van der Waals surface area (Å²) in [5.41, 5.74) is 0. The Balaban J connectivity index is 2.25. The molecule has 1 saturated carbocycles. The van der Waals surface area contributed by atoms with E-state index in [1.165, 1.54) is 0 Å². The first kappa shape index (κ1) is 9.05. The maximum Gasteiger partial charge on any atom is 0.192 e. The third-order valence-electron chi connectivity index (χ3n) is 1.85. The lowest BCUT2D eigenvalue weighted by Gasteiger charge is -2.09. The van der Waals surface area contributed by atoms with Crippen LogP contribution in [0.4, 0.5) is 0 Å². The van der Waals surface area contributed by atoms with E-state index in [0.29, 0.717) is 6.10 Å². The normalized spacial score (nSPS) is 15.5. The van der Waals surface area contributed by atoms with Crippen LogP contribution in [0.1, 0.15) is 12.8 Å². The van der Waals surface area contributed by atoms with Crippen LogP contribution < -0.4 is 9.47 Å². The van der Waals surface area contributed by atoms with Crippen molar-refractivity contribution in [3.05, 3.63) is 16.0 Å². The molecule has 1 aromatic heterocycles. The fourth-order valence-electron chi connectivity index (χ4n) is 1.05. The second kappa shape index (κ2) is 3.69. The van der Waals surface area contributed by atoms with Gasteiger partial charge in [0, 0.05) is 12.3 Å². The Morgan fingerprint density at radius 1 is 1.54 bits per heavy atom. The quantitative estimate of drug-likeness (QED) is 0.632. The molecule has 0 aromatic carbocycles. The summed E-state index contributed by atoms with van der Waals surface area (Å²) in [4.78, 5) is 4.12. The standard InChI is InChI=1S/C9H10INO2/c1-12-8-7(13-6-2-3-6)4-5-11-9(8)10/h4-6H,2-3H2,1H3. The largest absolute Gasteiger partial charge is 0.490 e. The summed E-state index contributed by atoms with van der Waals surface area (Å²) in [6, 6.07) is 1.85. The van der Waals surface area contributed by atoms with Gasteiger partial charge in [0.1, 0.15) is 3.70 Å². The van der Waals surface area contributed by atoms with Crippen LogP contribution in [-0.2, 0) is 0 Å². The summed E-state index contributed by atoms with van der Waals surface area (Å²) < 4.78 is 11.7. The van der Waals surface area contributed by atoms with E-state index in [1.807, 2.05) is 6.07 Å². The lowest BCUT2D eigenvalue weighted by Crippen LogP contribution is -2.00. The number of nitrogens with zero attached hydrogens (tertiary/aromatic N) is 1. The first-order valence-corrected chi connectivity index (χ1v) is 5.24. The van der Waals surface area contributed by atoms with Gasteiger partial charge in [-0.1, -0.05) is 0 Å². The molecule has 2 rings (SSSR count). The van der Waals surface area contributed by atoms with E-state index in [-0.39, 0.29) is 0 Å². The van der Waals surface area contributed by atoms with Crippen molar-refractivity contribution >= 4 is 22.6 Å². The first-order valence-electron chi connectivity index (χ1n) is 4.16. The van der Waals surface area contributed by atoms with Crippen molar-refractivity contribution in [3.8, 4) is 11.5 Å². The smallest absolute Gasteiger partial charge is 0.192 e. The van der Waals surface area contributed by atoms with Crippen molar-refractivity contribution < 1.29 is 9.47 Å². The van der Waals surface area contributed by atoms with Crippen molar-refractivity contribution in [2.24, 2.45) is 0 Å². The van der Waals surface area contributed by atoms with Gasteiger partial charge in [-0.3, -0.25) is 0 Å². The fraction of sp³-hybridized carbons (Fsp3) is 0.444. The summed E-state index contributed by atoms with van der Waals surface area (Å²) in [5.74, 6) is 1.56. The molecule has 0 amide bonds. The number of pyridine rings is 1. The Kier molecular flexibility index (Phi) is 2.57. The van der Waals surface area contributed by atoms with Gasteiger partial charge in [0.25, 0.3) is 0 Å². The Hall–Kier alpha value is -0.520. The molecule has 1 aromatic rings. The van der Waals surface area contributed by atoms with Crippen molar-refractivity contribution in [3.63, 3.8) is 0 Å². The SMILES string of the molecule is COc1c(OC2CC2)ccnc1I. The molecular formula is C9H10INO2. The molecule has 1 heterocycles. The molecule has 70 valence electrons. The van der Waals surface area contributed by atoms with E-state index in [0.717, 1.165) is 28.0 Å². The topological polar surface area (TPSA) is 31.4 Å². The van der Waals surface area contributed by atoms with Gasteiger partial charge in [-0.15, -0.1) is 0 Å². The van der Waals surface area contributed by atoms with Crippen LogP contribution >= 0.6 is 22.6 Å². The zero-order valence-electron chi connectivity index (χ0n) is 7.29. The second-order valence-corrected chi connectivity index (χ2v) is 3.97. The summed E-state index contributed by atoms with van der Waals surface area (Å²) in [6.07, 6.45) is 4.44. The maximum atomic E-state index is 5.66. The van der Waals surface area contributed by atoms with E-state index in [1.54, 1.807) is 13.3 Å². The fourth-order valence-corrected chi connectivity index (χ4v) is 1.70. The number of ether oxygens (including phenoxy) is 2. The number of methoxy groups -OCH3 is 1. The average molecular weight is 291 g/mol. The molecule has 0 saturated heterocycles. The molecule has 4 heteroatoms. The predicted molar refractivity (Wildman–Crippen MR) is 57.2 cm³/mol. The summed E-state index contributed by atoms with van der Waals surface area (Å²) in [7, 11) is 1.64. The molecule has 0 bridgehead atoms. The van der Waals surface area contributed by atoms with Crippen LogP contribution in [0.2, 0.25) is 0 Å². The van der Waals surface area contributed by atoms with Crippen molar-refractivity contribution in [1.82, 2.24) is 4.98 Å². The molecule has 0 radical (unpaired) electrons. The summed E-state index contributed by atoms with van der Waals surface area (Å²) in [6.45, 7) is 0. The lowest BCUT2D eigenvalue weighted by atomic mass is 10.4. The minimum Gasteiger partial charge on any atom is -0.490 e. The molecule has 3 nitrogen and oxygen atoms in total. The highest BCUT2D eigenvalue weighted by Gasteiger charge is 2.25. The highest BCUT2D eigenvalue weighted by atomic mass is 127. The van der Waals surface area contributed by atoms with Gasteiger partial charge < -0.3 is 9.47 Å². The van der Waals surface area contributed by atoms with E-state index < -0.39 is 0 Å². The first-order chi connectivity index (χ1) is 6.31. The molecular weight excluding hydrogens is 281 g/mol. The van der Waals surface area contributed by atoms with Crippen molar-refractivity contribution in [2.45, 2.75) is 18.9 Å². The summed E-state index contributed by atoms with van der Waals surface area (Å²) >= 11 is 2.14. The maximum absolute atomic E-state index is 5.66. The number of aromatic nitrogens is 1. The van der Waals surface area contributed by atoms with Crippen LogP contribution in [0, 0.1) is 3.70 Å². The third-order valence-corrected chi connectivity index (χ3v) is 2.62. The Morgan fingerprint density at radius 2 is 2.31 bits per heavy atom. The number of rotatable bonds is 3. The molecule has 1 aliphatic rings. The van der Waals surface area contributed by atoms with Crippen LogP contribution in [0.5, 0.6) is 11.5 Å². The molecule has 1 aliphatic carbocycles. The minimum atomic E-state index is 0.395.